The maximum Gasteiger partial charge on any atom is 0.420 e. The zero-order valence-electron chi connectivity index (χ0n) is 8.55. The molecule has 0 heterocycles. The minimum Gasteiger partial charge on any atom is -0.397 e. The Hall–Kier alpha value is -2.05. The van der Waals surface area contributed by atoms with Crippen molar-refractivity contribution in [1.29, 1.82) is 5.26 Å². The molecule has 0 atom stereocenters. The van der Waals surface area contributed by atoms with Crippen LogP contribution in [0.4, 0.5) is 40.8 Å². The molecule has 0 saturated carbocycles. The zero-order chi connectivity index (χ0) is 15.2. The quantitative estimate of drug-likeness (QED) is 0.587. The Kier molecular flexibility index (Phi) is 3.36. The van der Waals surface area contributed by atoms with Gasteiger partial charge in [0.25, 0.3) is 0 Å². The van der Waals surface area contributed by atoms with Gasteiger partial charge in [-0.25, -0.2) is 8.78 Å². The highest BCUT2D eigenvalue weighted by Gasteiger charge is 2.49. The van der Waals surface area contributed by atoms with Crippen LogP contribution in [0, 0.1) is 23.0 Å². The summed E-state index contributed by atoms with van der Waals surface area (Å²) < 4.78 is 101. The Morgan fingerprint density at radius 3 is 1.58 bits per heavy atom. The fourth-order valence-corrected chi connectivity index (χ4v) is 1.38. The van der Waals surface area contributed by atoms with E-state index in [9.17, 15) is 35.1 Å². The van der Waals surface area contributed by atoms with Gasteiger partial charge in [0.2, 0.25) is 0 Å². The van der Waals surface area contributed by atoms with Gasteiger partial charge in [0.1, 0.15) is 17.2 Å². The number of benzene rings is 1. The number of alkyl halides is 6. The van der Waals surface area contributed by atoms with Gasteiger partial charge in [0.05, 0.1) is 11.3 Å². The molecule has 19 heavy (non-hydrogen) atoms. The maximum atomic E-state index is 13.1. The van der Waals surface area contributed by atoms with E-state index >= 15 is 0 Å². The van der Waals surface area contributed by atoms with Crippen LogP contribution in [-0.4, -0.2) is 0 Å². The van der Waals surface area contributed by atoms with Crippen molar-refractivity contribution in [3.63, 3.8) is 0 Å². The number of anilines is 1. The van der Waals surface area contributed by atoms with Crippen molar-refractivity contribution >= 4 is 5.69 Å². The first kappa shape index (κ1) is 15.0. The Bertz CT molecular complexity index is 564. The monoisotopic (exact) mass is 290 g/mol. The number of nitrogens with zero attached hydrogens (tertiary/aromatic N) is 1. The molecule has 1 aromatic carbocycles. The standard InChI is InChI=1S/C9H2F8N2/c10-5-2(1-18)7(19)4(9(15,16)17)3(6(5)11)8(12,13)14/h19H2. The van der Waals surface area contributed by atoms with Gasteiger partial charge in [-0.15, -0.1) is 0 Å². The lowest BCUT2D eigenvalue weighted by molar-refractivity contribution is -0.163. The molecule has 0 aliphatic rings. The highest BCUT2D eigenvalue weighted by Crippen LogP contribution is 2.46. The van der Waals surface area contributed by atoms with E-state index in [0.29, 0.717) is 0 Å². The van der Waals surface area contributed by atoms with Crippen LogP contribution in [-0.2, 0) is 12.4 Å². The lowest BCUT2D eigenvalue weighted by Crippen LogP contribution is -2.23. The van der Waals surface area contributed by atoms with Gasteiger partial charge in [-0.2, -0.15) is 31.6 Å². The van der Waals surface area contributed by atoms with Crippen molar-refractivity contribution < 1.29 is 35.1 Å². The number of hydrogen-bond donors (Lipinski definition) is 1. The summed E-state index contributed by atoms with van der Waals surface area (Å²) >= 11 is 0. The summed E-state index contributed by atoms with van der Waals surface area (Å²) in [6.45, 7) is 0. The second-order valence-electron chi connectivity index (χ2n) is 3.27. The van der Waals surface area contributed by atoms with Gasteiger partial charge in [0, 0.05) is 0 Å². The molecule has 0 spiro atoms. The molecular formula is C9H2F8N2. The molecule has 1 aromatic rings. The van der Waals surface area contributed by atoms with Crippen LogP contribution in [0.1, 0.15) is 16.7 Å². The SMILES string of the molecule is N#Cc1c(N)c(C(F)(F)F)c(C(F)(F)F)c(F)c1F. The molecule has 0 aliphatic heterocycles. The molecule has 0 aliphatic carbocycles. The summed E-state index contributed by atoms with van der Waals surface area (Å²) in [7, 11) is 0. The fraction of sp³-hybridized carbons (Fsp3) is 0.222. The zero-order valence-corrected chi connectivity index (χ0v) is 8.55. The summed E-state index contributed by atoms with van der Waals surface area (Å²) in [5, 5.41) is 8.32. The van der Waals surface area contributed by atoms with Crippen LogP contribution in [0.2, 0.25) is 0 Å². The van der Waals surface area contributed by atoms with Crippen molar-refractivity contribution in [2.24, 2.45) is 0 Å². The van der Waals surface area contributed by atoms with Crippen LogP contribution < -0.4 is 5.73 Å². The Labute approximate surface area is 99.6 Å². The molecule has 0 radical (unpaired) electrons. The van der Waals surface area contributed by atoms with Gasteiger partial charge in [0.15, 0.2) is 11.6 Å². The third kappa shape index (κ3) is 2.40. The molecule has 2 nitrogen and oxygen atoms in total. The van der Waals surface area contributed by atoms with Crippen LogP contribution in [0.5, 0.6) is 0 Å². The van der Waals surface area contributed by atoms with E-state index in [1.54, 1.807) is 0 Å². The molecule has 10 heteroatoms. The van der Waals surface area contributed by atoms with Crippen LogP contribution in [0.15, 0.2) is 0 Å². The number of nitriles is 1. The van der Waals surface area contributed by atoms with Crippen molar-refractivity contribution in [1.82, 2.24) is 0 Å². The first-order valence-corrected chi connectivity index (χ1v) is 4.27. The van der Waals surface area contributed by atoms with Gasteiger partial charge in [-0.3, -0.25) is 0 Å². The van der Waals surface area contributed by atoms with E-state index in [1.165, 1.54) is 0 Å². The molecule has 0 unspecified atom stereocenters. The van der Waals surface area contributed by atoms with E-state index in [-0.39, 0.29) is 0 Å². The van der Waals surface area contributed by atoms with E-state index < -0.39 is 46.4 Å². The normalized spacial score (nSPS) is 12.4. The average molecular weight is 290 g/mol. The molecule has 1 rings (SSSR count). The number of rotatable bonds is 0. The van der Waals surface area contributed by atoms with Gasteiger partial charge in [-0.1, -0.05) is 0 Å². The van der Waals surface area contributed by atoms with E-state index in [0.717, 1.165) is 6.07 Å². The molecular weight excluding hydrogens is 288 g/mol. The van der Waals surface area contributed by atoms with E-state index in [1.807, 2.05) is 0 Å². The van der Waals surface area contributed by atoms with Crippen LogP contribution >= 0.6 is 0 Å². The number of nitrogens with two attached hydrogens (primary N) is 1. The molecule has 0 saturated heterocycles. The van der Waals surface area contributed by atoms with Gasteiger partial charge in [-0.05, 0) is 0 Å². The lowest BCUT2D eigenvalue weighted by Gasteiger charge is -2.19. The van der Waals surface area contributed by atoms with E-state index in [2.05, 4.69) is 0 Å². The second-order valence-corrected chi connectivity index (χ2v) is 3.27. The summed E-state index contributed by atoms with van der Waals surface area (Å²) in [4.78, 5) is 0. The minimum atomic E-state index is -5.82. The van der Waals surface area contributed by atoms with Gasteiger partial charge >= 0.3 is 12.4 Å². The van der Waals surface area contributed by atoms with Gasteiger partial charge < -0.3 is 5.73 Å². The minimum absolute atomic E-state index is 0.788. The summed E-state index contributed by atoms with van der Waals surface area (Å²) in [5.74, 6) is -5.19. The Morgan fingerprint density at radius 1 is 0.842 bits per heavy atom. The first-order chi connectivity index (χ1) is 8.42. The molecule has 2 N–H and O–H groups in total. The average Bonchev–Trinajstić information content (AvgIpc) is 2.20. The number of nitrogen functional groups attached to an aromatic ring is 1. The van der Waals surface area contributed by atoms with Crippen molar-refractivity contribution in [2.75, 3.05) is 5.73 Å². The third-order valence-electron chi connectivity index (χ3n) is 2.10. The highest BCUT2D eigenvalue weighted by atomic mass is 19.4. The summed E-state index contributed by atoms with van der Waals surface area (Å²) in [5.41, 5.74) is -4.23. The van der Waals surface area contributed by atoms with Crippen LogP contribution in [0.3, 0.4) is 0 Å². The third-order valence-corrected chi connectivity index (χ3v) is 2.10. The molecule has 0 bridgehead atoms. The van der Waals surface area contributed by atoms with Crippen molar-refractivity contribution in [3.8, 4) is 6.07 Å². The largest absolute Gasteiger partial charge is 0.420 e. The first-order valence-electron chi connectivity index (χ1n) is 4.27. The number of halogens is 8. The summed E-state index contributed by atoms with van der Waals surface area (Å²) in [6.07, 6.45) is -11.5. The second kappa shape index (κ2) is 4.25. The predicted molar refractivity (Wildman–Crippen MR) is 45.5 cm³/mol. The Balaban J connectivity index is 3.99. The molecule has 104 valence electrons. The molecule has 0 amide bonds. The summed E-state index contributed by atoms with van der Waals surface area (Å²) in [6, 6.07) is 0.788. The predicted octanol–water partition coefficient (Wildman–Crippen LogP) is 3.46. The molecule has 0 aromatic heterocycles. The van der Waals surface area contributed by atoms with Crippen molar-refractivity contribution in [3.05, 3.63) is 28.3 Å². The maximum absolute atomic E-state index is 13.1. The Morgan fingerprint density at radius 2 is 1.26 bits per heavy atom. The van der Waals surface area contributed by atoms with Crippen molar-refractivity contribution in [2.45, 2.75) is 12.4 Å². The van der Waals surface area contributed by atoms with E-state index in [4.69, 9.17) is 11.0 Å². The van der Waals surface area contributed by atoms with Crippen LogP contribution in [0.25, 0.3) is 0 Å². The smallest absolute Gasteiger partial charge is 0.397 e. The molecule has 0 fully saturated rings. The fourth-order valence-electron chi connectivity index (χ4n) is 1.38. The lowest BCUT2D eigenvalue weighted by atomic mass is 9.99. The highest BCUT2D eigenvalue weighted by molar-refractivity contribution is 5.64. The topological polar surface area (TPSA) is 49.8 Å². The number of hydrogen-bond acceptors (Lipinski definition) is 2.